The number of hydrogen-bond donors (Lipinski definition) is 1. The fourth-order valence-corrected chi connectivity index (χ4v) is 10.1. The molecule has 39 heavy (non-hydrogen) atoms. The number of ether oxygens (including phenoxy) is 3. The number of piperidine rings is 1. The van der Waals surface area contributed by atoms with Gasteiger partial charge in [-0.2, -0.15) is 0 Å². The van der Waals surface area contributed by atoms with Crippen molar-refractivity contribution in [1.82, 2.24) is 0 Å². The van der Waals surface area contributed by atoms with E-state index in [1.807, 2.05) is 30.3 Å². The Balaban J connectivity index is 1.05. The van der Waals surface area contributed by atoms with E-state index in [1.165, 1.54) is 0 Å². The van der Waals surface area contributed by atoms with Gasteiger partial charge in [-0.05, 0) is 50.0 Å². The van der Waals surface area contributed by atoms with Crippen molar-refractivity contribution in [3.8, 4) is 0 Å². The van der Waals surface area contributed by atoms with Crippen molar-refractivity contribution in [2.75, 3.05) is 13.1 Å². The van der Waals surface area contributed by atoms with Gasteiger partial charge in [-0.1, -0.05) is 30.3 Å². The van der Waals surface area contributed by atoms with Crippen molar-refractivity contribution in [2.24, 2.45) is 46.8 Å². The first-order valence-corrected chi connectivity index (χ1v) is 14.9. The predicted octanol–water partition coefficient (Wildman–Crippen LogP) is 1.90. The Morgan fingerprint density at radius 3 is 2.36 bits per heavy atom. The highest BCUT2D eigenvalue weighted by Crippen LogP contribution is 2.62. The van der Waals surface area contributed by atoms with Crippen LogP contribution < -0.4 is 5.32 Å². The van der Waals surface area contributed by atoms with E-state index in [-0.39, 0.29) is 41.6 Å². The van der Waals surface area contributed by atoms with Crippen LogP contribution in [-0.2, 0) is 39.0 Å². The minimum absolute atomic E-state index is 0.0258. The Morgan fingerprint density at radius 1 is 0.923 bits per heavy atom. The summed E-state index contributed by atoms with van der Waals surface area (Å²) < 4.78 is 18.5. The molecule has 2 saturated heterocycles. The molecular weight excluding hydrogens is 498 g/mol. The van der Waals surface area contributed by atoms with Crippen LogP contribution in [0.15, 0.2) is 30.3 Å². The zero-order valence-corrected chi connectivity index (χ0v) is 22.1. The van der Waals surface area contributed by atoms with Gasteiger partial charge in [0.25, 0.3) is 0 Å². The molecule has 1 aromatic carbocycles. The van der Waals surface area contributed by atoms with Crippen molar-refractivity contribution >= 4 is 23.7 Å². The lowest BCUT2D eigenvalue weighted by molar-refractivity contribution is -0.668. The van der Waals surface area contributed by atoms with Crippen molar-refractivity contribution in [3.63, 3.8) is 0 Å². The third kappa shape index (κ3) is 3.39. The molecule has 6 saturated carbocycles. The van der Waals surface area contributed by atoms with E-state index in [2.05, 4.69) is 5.32 Å². The van der Waals surface area contributed by atoms with Gasteiger partial charge >= 0.3 is 17.9 Å². The SMILES string of the molecule is O=C1C2CC3CC1CC(C(=O)OC1C4CC5C1OC(=O)C5C4C(=O)OC1(c4ccccc4)CC[NH2+]CC1)(C3)C2. The summed E-state index contributed by atoms with van der Waals surface area (Å²) in [4.78, 5) is 53.5. The third-order valence-electron chi connectivity index (χ3n) is 11.6. The fraction of sp³-hybridized carbons (Fsp3) is 0.677. The first kappa shape index (κ1) is 24.1. The predicted molar refractivity (Wildman–Crippen MR) is 134 cm³/mol. The van der Waals surface area contributed by atoms with Gasteiger partial charge in [0.15, 0.2) is 0 Å². The zero-order valence-electron chi connectivity index (χ0n) is 22.1. The standard InChI is InChI=1S/C31H35NO7/c33-24-17-10-16-11-18(24)15-30(13-16,14-17)29(36)38-26-21-12-20-22(27(34)37-25(20)26)23(21)28(35)39-31(6-8-32-9-7-31)19-4-2-1-3-5-19/h1-5,16-18,20-23,25-26,32H,6-15H2/p+1. The third-order valence-corrected chi connectivity index (χ3v) is 11.6. The van der Waals surface area contributed by atoms with Gasteiger partial charge in [0.1, 0.15) is 23.6 Å². The van der Waals surface area contributed by atoms with E-state index in [0.717, 1.165) is 37.9 Å². The minimum Gasteiger partial charge on any atom is -0.458 e. The number of fused-ring (bicyclic) bond motifs is 1. The van der Waals surface area contributed by atoms with E-state index in [1.54, 1.807) is 0 Å². The second-order valence-corrected chi connectivity index (χ2v) is 13.6. The molecule has 1 aromatic rings. The number of ketones is 1. The van der Waals surface area contributed by atoms with Crippen LogP contribution in [0, 0.1) is 46.8 Å². The van der Waals surface area contributed by atoms with Gasteiger partial charge in [-0.3, -0.25) is 19.2 Å². The number of carbonyl (C=O) groups excluding carboxylic acids is 4. The molecule has 2 heterocycles. The largest absolute Gasteiger partial charge is 0.458 e. The van der Waals surface area contributed by atoms with Crippen molar-refractivity contribution in [3.05, 3.63) is 35.9 Å². The topological polar surface area (TPSA) is 113 Å². The molecule has 8 aliphatic rings. The summed E-state index contributed by atoms with van der Waals surface area (Å²) in [6.45, 7) is 1.72. The summed E-state index contributed by atoms with van der Waals surface area (Å²) in [5.41, 5.74) is -0.338. The van der Waals surface area contributed by atoms with Gasteiger partial charge in [0.2, 0.25) is 0 Å². The Kier molecular flexibility index (Phi) is 5.18. The molecule has 0 aromatic heterocycles. The van der Waals surface area contributed by atoms with Gasteiger partial charge in [-0.15, -0.1) is 0 Å². The van der Waals surface area contributed by atoms with Crippen LogP contribution in [0.5, 0.6) is 0 Å². The minimum atomic E-state index is -0.714. The number of esters is 3. The van der Waals surface area contributed by atoms with Crippen LogP contribution >= 0.6 is 0 Å². The first-order valence-electron chi connectivity index (χ1n) is 14.9. The second kappa shape index (κ2) is 8.38. The Labute approximate surface area is 227 Å². The second-order valence-electron chi connectivity index (χ2n) is 13.6. The summed E-state index contributed by atoms with van der Waals surface area (Å²) in [7, 11) is 0. The number of hydrogen-bond acceptors (Lipinski definition) is 7. The van der Waals surface area contributed by atoms with Crippen LogP contribution in [0.4, 0.5) is 0 Å². The molecule has 6 aliphatic carbocycles. The molecule has 8 nitrogen and oxygen atoms in total. The molecule has 2 aliphatic heterocycles. The number of Topliss-reactive ketones (excluding diaryl/α,β-unsaturated/α-hetero) is 1. The van der Waals surface area contributed by atoms with Gasteiger partial charge in [0.05, 0.1) is 30.3 Å². The highest BCUT2D eigenvalue weighted by atomic mass is 16.6. The van der Waals surface area contributed by atoms with E-state index >= 15 is 0 Å². The van der Waals surface area contributed by atoms with Crippen LogP contribution in [0.2, 0.25) is 0 Å². The van der Waals surface area contributed by atoms with Gasteiger partial charge in [0, 0.05) is 36.5 Å². The van der Waals surface area contributed by atoms with E-state index < -0.39 is 35.1 Å². The normalized spacial score (nSPS) is 44.4. The summed E-state index contributed by atoms with van der Waals surface area (Å²) in [5.74, 6) is -1.88. The number of carbonyl (C=O) groups is 4. The first-order chi connectivity index (χ1) is 18.9. The molecule has 6 bridgehead atoms. The molecule has 2 N–H and O–H groups in total. The maximum Gasteiger partial charge on any atom is 0.312 e. The Hall–Kier alpha value is -2.74. The summed E-state index contributed by atoms with van der Waals surface area (Å²) in [6.07, 6.45) is 4.68. The molecule has 0 radical (unpaired) electrons. The molecule has 8 unspecified atom stereocenters. The highest BCUT2D eigenvalue weighted by molar-refractivity contribution is 5.90. The number of nitrogens with two attached hydrogens (primary N) is 1. The summed E-state index contributed by atoms with van der Waals surface area (Å²) >= 11 is 0. The van der Waals surface area contributed by atoms with Crippen molar-refractivity contribution < 1.29 is 38.7 Å². The molecule has 206 valence electrons. The van der Waals surface area contributed by atoms with Crippen LogP contribution in [0.25, 0.3) is 0 Å². The summed E-state index contributed by atoms with van der Waals surface area (Å²) in [5, 5.41) is 2.24. The Bertz CT molecular complexity index is 1220. The van der Waals surface area contributed by atoms with Crippen molar-refractivity contribution in [1.29, 1.82) is 0 Å². The average Bonchev–Trinajstić information content (AvgIpc) is 3.56. The van der Waals surface area contributed by atoms with E-state index in [0.29, 0.717) is 43.8 Å². The molecule has 0 amide bonds. The van der Waals surface area contributed by atoms with E-state index in [9.17, 15) is 19.2 Å². The maximum atomic E-state index is 14.0. The molecule has 9 rings (SSSR count). The smallest absolute Gasteiger partial charge is 0.312 e. The molecular formula is C31H36NO7+. The lowest BCUT2D eigenvalue weighted by atomic mass is 9.49. The molecule has 8 atom stereocenters. The molecule has 0 spiro atoms. The van der Waals surface area contributed by atoms with Gasteiger partial charge in [-0.25, -0.2) is 0 Å². The van der Waals surface area contributed by atoms with E-state index in [4.69, 9.17) is 14.2 Å². The van der Waals surface area contributed by atoms with Crippen molar-refractivity contribution in [2.45, 2.75) is 69.2 Å². The van der Waals surface area contributed by atoms with Gasteiger partial charge < -0.3 is 19.5 Å². The number of benzene rings is 1. The maximum absolute atomic E-state index is 14.0. The van der Waals surface area contributed by atoms with Crippen LogP contribution in [-0.4, -0.2) is 49.0 Å². The molecule has 8 heteroatoms. The Morgan fingerprint density at radius 2 is 1.64 bits per heavy atom. The highest BCUT2D eigenvalue weighted by Gasteiger charge is 2.71. The summed E-state index contributed by atoms with van der Waals surface area (Å²) in [6, 6.07) is 9.91. The van der Waals surface area contributed by atoms with Crippen LogP contribution in [0.1, 0.15) is 56.9 Å². The number of rotatable bonds is 5. The lowest BCUT2D eigenvalue weighted by Crippen LogP contribution is -2.87. The average molecular weight is 535 g/mol. The fourth-order valence-electron chi connectivity index (χ4n) is 10.1. The lowest BCUT2D eigenvalue weighted by Gasteiger charge is -2.54. The van der Waals surface area contributed by atoms with Crippen LogP contribution in [0.3, 0.4) is 0 Å². The number of quaternary nitrogens is 1. The monoisotopic (exact) mass is 534 g/mol. The zero-order chi connectivity index (χ0) is 26.5. The molecule has 8 fully saturated rings. The quantitative estimate of drug-likeness (QED) is 0.454.